The minimum Gasteiger partial charge on any atom is -0.344 e. The monoisotopic (exact) mass is 406 g/mol. The molecule has 0 bridgehead atoms. The van der Waals surface area contributed by atoms with Crippen LogP contribution in [0.3, 0.4) is 0 Å². The number of amides is 2. The normalized spacial score (nSPS) is 12.3. The number of nitrogens with one attached hydrogen (secondary N) is 2. The summed E-state index contributed by atoms with van der Waals surface area (Å²) in [7, 11) is 0. The predicted octanol–water partition coefficient (Wildman–Crippen LogP) is 5.10. The fraction of sp³-hybridized carbons (Fsp3) is 0.333. The quantitative estimate of drug-likeness (QED) is 0.700. The third-order valence-corrected chi connectivity index (χ3v) is 4.36. The van der Waals surface area contributed by atoms with Crippen LogP contribution in [0.1, 0.15) is 32.8 Å². The number of hydrogen-bond acceptors (Lipinski definition) is 2. The van der Waals surface area contributed by atoms with E-state index in [9.17, 15) is 9.59 Å². The highest BCUT2D eigenvalue weighted by Gasteiger charge is 2.24. The maximum atomic E-state index is 12.8. The molecule has 0 radical (unpaired) electrons. The standard InChI is InChI=1S/C21H24Cl2N2O2/c1-21(2,3)13-19(26)24-18(11-14-7-5-4-6-8-14)20(27)25-17-10-9-15(22)12-16(17)23/h4-10,12,18H,11,13H2,1-3H3,(H,24,26)(H,25,27). The third-order valence-electron chi connectivity index (χ3n) is 3.81. The topological polar surface area (TPSA) is 58.2 Å². The first-order chi connectivity index (χ1) is 12.6. The fourth-order valence-corrected chi connectivity index (χ4v) is 3.05. The highest BCUT2D eigenvalue weighted by molar-refractivity contribution is 6.36. The van der Waals surface area contributed by atoms with E-state index < -0.39 is 6.04 Å². The van der Waals surface area contributed by atoms with Gasteiger partial charge in [0, 0.05) is 17.9 Å². The molecule has 2 amide bonds. The molecule has 0 aliphatic heterocycles. The highest BCUT2D eigenvalue weighted by Crippen LogP contribution is 2.25. The number of rotatable bonds is 6. The van der Waals surface area contributed by atoms with Gasteiger partial charge in [-0.05, 0) is 29.2 Å². The molecule has 2 aromatic carbocycles. The maximum Gasteiger partial charge on any atom is 0.247 e. The molecule has 2 aromatic rings. The number of hydrogen-bond donors (Lipinski definition) is 2. The molecule has 0 saturated carbocycles. The molecular formula is C21H24Cl2N2O2. The molecule has 6 heteroatoms. The molecule has 0 aromatic heterocycles. The van der Waals surface area contributed by atoms with Crippen LogP contribution < -0.4 is 10.6 Å². The Kier molecular flexibility index (Phi) is 7.28. The first-order valence-electron chi connectivity index (χ1n) is 8.73. The number of anilines is 1. The second-order valence-electron chi connectivity index (χ2n) is 7.66. The summed E-state index contributed by atoms with van der Waals surface area (Å²) in [5.41, 5.74) is 1.24. The SMILES string of the molecule is CC(C)(C)CC(=O)NC(Cc1ccccc1)C(=O)Nc1ccc(Cl)cc1Cl. The Morgan fingerprint density at radius 1 is 1.04 bits per heavy atom. The van der Waals surface area contributed by atoms with E-state index in [0.717, 1.165) is 5.56 Å². The van der Waals surface area contributed by atoms with Crippen molar-refractivity contribution < 1.29 is 9.59 Å². The molecule has 1 unspecified atom stereocenters. The minimum atomic E-state index is -0.714. The Balaban J connectivity index is 2.16. The molecule has 2 N–H and O–H groups in total. The van der Waals surface area contributed by atoms with Crippen LogP contribution in [0.5, 0.6) is 0 Å². The summed E-state index contributed by atoms with van der Waals surface area (Å²) in [5, 5.41) is 6.46. The summed E-state index contributed by atoms with van der Waals surface area (Å²) in [6.45, 7) is 5.94. The Morgan fingerprint density at radius 2 is 1.70 bits per heavy atom. The van der Waals surface area contributed by atoms with Crippen LogP contribution in [-0.2, 0) is 16.0 Å². The molecule has 0 heterocycles. The van der Waals surface area contributed by atoms with Gasteiger partial charge in [-0.25, -0.2) is 0 Å². The molecule has 0 spiro atoms. The van der Waals surface area contributed by atoms with Gasteiger partial charge < -0.3 is 10.6 Å². The van der Waals surface area contributed by atoms with Crippen LogP contribution in [0.4, 0.5) is 5.69 Å². The van der Waals surface area contributed by atoms with Gasteiger partial charge in [0.1, 0.15) is 6.04 Å². The second-order valence-corrected chi connectivity index (χ2v) is 8.50. The average Bonchev–Trinajstić information content (AvgIpc) is 2.56. The minimum absolute atomic E-state index is 0.166. The van der Waals surface area contributed by atoms with Gasteiger partial charge in [-0.1, -0.05) is 74.3 Å². The van der Waals surface area contributed by atoms with E-state index in [2.05, 4.69) is 10.6 Å². The zero-order valence-electron chi connectivity index (χ0n) is 15.7. The van der Waals surface area contributed by atoms with Crippen molar-refractivity contribution in [1.29, 1.82) is 0 Å². The maximum absolute atomic E-state index is 12.8. The van der Waals surface area contributed by atoms with Crippen molar-refractivity contribution in [2.75, 3.05) is 5.32 Å². The lowest BCUT2D eigenvalue weighted by molar-refractivity contribution is -0.127. The van der Waals surface area contributed by atoms with Gasteiger partial charge in [0.25, 0.3) is 0 Å². The zero-order valence-corrected chi connectivity index (χ0v) is 17.2. The highest BCUT2D eigenvalue weighted by atomic mass is 35.5. The van der Waals surface area contributed by atoms with E-state index in [0.29, 0.717) is 28.6 Å². The van der Waals surface area contributed by atoms with Crippen LogP contribution >= 0.6 is 23.2 Å². The molecule has 0 aliphatic rings. The molecule has 0 saturated heterocycles. The van der Waals surface area contributed by atoms with Crippen LogP contribution in [0.2, 0.25) is 10.0 Å². The molecule has 27 heavy (non-hydrogen) atoms. The smallest absolute Gasteiger partial charge is 0.247 e. The summed E-state index contributed by atoms with van der Waals surface area (Å²) >= 11 is 12.0. The first-order valence-corrected chi connectivity index (χ1v) is 9.49. The number of carbonyl (C=O) groups is 2. The summed E-state index contributed by atoms with van der Waals surface area (Å²) in [6, 6.07) is 13.7. The fourth-order valence-electron chi connectivity index (χ4n) is 2.60. The van der Waals surface area contributed by atoms with E-state index >= 15 is 0 Å². The lowest BCUT2D eigenvalue weighted by Gasteiger charge is -2.22. The van der Waals surface area contributed by atoms with Gasteiger partial charge in [-0.15, -0.1) is 0 Å². The van der Waals surface area contributed by atoms with E-state index in [1.54, 1.807) is 18.2 Å². The lowest BCUT2D eigenvalue weighted by Crippen LogP contribution is -2.46. The molecule has 0 aliphatic carbocycles. The molecule has 1 atom stereocenters. The van der Waals surface area contributed by atoms with Crippen LogP contribution in [-0.4, -0.2) is 17.9 Å². The number of benzene rings is 2. The van der Waals surface area contributed by atoms with Gasteiger partial charge >= 0.3 is 0 Å². The zero-order chi connectivity index (χ0) is 20.0. The lowest BCUT2D eigenvalue weighted by atomic mass is 9.91. The van der Waals surface area contributed by atoms with E-state index in [-0.39, 0.29) is 17.2 Å². The summed E-state index contributed by atoms with van der Waals surface area (Å²) in [4.78, 5) is 25.2. The summed E-state index contributed by atoms with van der Waals surface area (Å²) in [6.07, 6.45) is 0.709. The van der Waals surface area contributed by atoms with Crippen LogP contribution in [0.15, 0.2) is 48.5 Å². The largest absolute Gasteiger partial charge is 0.344 e. The molecule has 2 rings (SSSR count). The Bertz CT molecular complexity index is 802. The van der Waals surface area contributed by atoms with E-state index in [1.807, 2.05) is 51.1 Å². The van der Waals surface area contributed by atoms with Gasteiger partial charge in [0.2, 0.25) is 11.8 Å². The van der Waals surface area contributed by atoms with Gasteiger partial charge in [0.15, 0.2) is 0 Å². The third kappa shape index (κ3) is 7.24. The van der Waals surface area contributed by atoms with Gasteiger partial charge in [-0.3, -0.25) is 9.59 Å². The molecule has 144 valence electrons. The van der Waals surface area contributed by atoms with Crippen LogP contribution in [0.25, 0.3) is 0 Å². The van der Waals surface area contributed by atoms with E-state index in [1.165, 1.54) is 0 Å². The van der Waals surface area contributed by atoms with Crippen molar-refractivity contribution in [3.63, 3.8) is 0 Å². The number of halogens is 2. The first kappa shape index (κ1) is 21.3. The van der Waals surface area contributed by atoms with Gasteiger partial charge in [0.05, 0.1) is 10.7 Å². The summed E-state index contributed by atoms with van der Waals surface area (Å²) < 4.78 is 0. The van der Waals surface area contributed by atoms with Gasteiger partial charge in [-0.2, -0.15) is 0 Å². The Morgan fingerprint density at radius 3 is 2.30 bits per heavy atom. The van der Waals surface area contributed by atoms with Crippen molar-refractivity contribution in [1.82, 2.24) is 5.32 Å². The predicted molar refractivity (Wildman–Crippen MR) is 111 cm³/mol. The van der Waals surface area contributed by atoms with Crippen molar-refractivity contribution in [2.24, 2.45) is 5.41 Å². The second kappa shape index (κ2) is 9.25. The molecular weight excluding hydrogens is 383 g/mol. The summed E-state index contributed by atoms with van der Waals surface area (Å²) in [5.74, 6) is -0.494. The molecule has 4 nitrogen and oxygen atoms in total. The van der Waals surface area contributed by atoms with E-state index in [4.69, 9.17) is 23.2 Å². The number of carbonyl (C=O) groups excluding carboxylic acids is 2. The van der Waals surface area contributed by atoms with Crippen molar-refractivity contribution in [3.8, 4) is 0 Å². The Hall–Kier alpha value is -2.04. The molecule has 0 fully saturated rings. The van der Waals surface area contributed by atoms with Crippen molar-refractivity contribution >= 4 is 40.7 Å². The van der Waals surface area contributed by atoms with Crippen molar-refractivity contribution in [3.05, 3.63) is 64.1 Å². The Labute approximate surface area is 170 Å². The average molecular weight is 407 g/mol. The van der Waals surface area contributed by atoms with Crippen molar-refractivity contribution in [2.45, 2.75) is 39.7 Å². The van der Waals surface area contributed by atoms with Crippen LogP contribution in [0, 0.1) is 5.41 Å².